The Labute approximate surface area is 192 Å². The highest BCUT2D eigenvalue weighted by atomic mass is 16.5. The Kier molecular flexibility index (Phi) is 8.02. The zero-order valence-corrected chi connectivity index (χ0v) is 19.5. The van der Waals surface area contributed by atoms with Gasteiger partial charge in [0.1, 0.15) is 11.9 Å². The summed E-state index contributed by atoms with van der Waals surface area (Å²) in [5.41, 5.74) is 2.68. The van der Waals surface area contributed by atoms with E-state index >= 15 is 0 Å². The molecule has 0 unspecified atom stereocenters. The third-order valence-electron chi connectivity index (χ3n) is 6.47. The number of aliphatic imine (C=N–C) groups is 1. The third-order valence-corrected chi connectivity index (χ3v) is 6.47. The highest BCUT2D eigenvalue weighted by Crippen LogP contribution is 2.19. The Morgan fingerprint density at radius 1 is 0.906 bits per heavy atom. The van der Waals surface area contributed by atoms with E-state index in [0.717, 1.165) is 76.9 Å². The Morgan fingerprint density at radius 2 is 1.56 bits per heavy atom. The molecule has 0 aromatic heterocycles. The standard InChI is InChI=1S/C26H37N5O/c1-27-26(31-14-12-25(13-15-31)32-24-6-4-3-5-7-24)28-20-22-8-10-23(11-9-22)21-30-18-16-29(2)17-19-30/h3-11,25H,12-21H2,1-2H3,(H,27,28). The van der Waals surface area contributed by atoms with E-state index in [1.807, 2.05) is 37.4 Å². The first-order chi connectivity index (χ1) is 15.7. The number of benzene rings is 2. The molecule has 32 heavy (non-hydrogen) atoms. The van der Waals surface area contributed by atoms with Gasteiger partial charge in [-0.05, 0) is 30.3 Å². The zero-order chi connectivity index (χ0) is 22.2. The van der Waals surface area contributed by atoms with E-state index in [-0.39, 0.29) is 6.10 Å². The fraction of sp³-hybridized carbons (Fsp3) is 0.500. The van der Waals surface area contributed by atoms with E-state index in [1.165, 1.54) is 11.1 Å². The first-order valence-corrected chi connectivity index (χ1v) is 11.9. The van der Waals surface area contributed by atoms with Crippen molar-refractivity contribution in [1.82, 2.24) is 20.0 Å². The molecule has 2 aliphatic rings. The molecule has 2 aromatic carbocycles. The second-order valence-corrected chi connectivity index (χ2v) is 8.91. The van der Waals surface area contributed by atoms with Gasteiger partial charge in [-0.2, -0.15) is 0 Å². The van der Waals surface area contributed by atoms with Crippen LogP contribution in [-0.2, 0) is 13.1 Å². The minimum absolute atomic E-state index is 0.277. The minimum Gasteiger partial charge on any atom is -0.490 e. The van der Waals surface area contributed by atoms with Crippen LogP contribution in [0.4, 0.5) is 0 Å². The molecule has 0 atom stereocenters. The molecule has 2 aromatic rings. The van der Waals surface area contributed by atoms with Gasteiger partial charge in [-0.15, -0.1) is 0 Å². The molecule has 1 N–H and O–H groups in total. The van der Waals surface area contributed by atoms with E-state index < -0.39 is 0 Å². The maximum Gasteiger partial charge on any atom is 0.193 e. The van der Waals surface area contributed by atoms with E-state index in [1.54, 1.807) is 0 Å². The van der Waals surface area contributed by atoms with Crippen LogP contribution in [0.5, 0.6) is 5.75 Å². The van der Waals surface area contributed by atoms with Crippen LogP contribution in [-0.4, -0.2) is 80.1 Å². The Balaban J connectivity index is 1.21. The highest BCUT2D eigenvalue weighted by Gasteiger charge is 2.22. The summed E-state index contributed by atoms with van der Waals surface area (Å²) in [6.07, 6.45) is 2.30. The number of piperidine rings is 1. The van der Waals surface area contributed by atoms with Crippen molar-refractivity contribution in [3.8, 4) is 5.75 Å². The first kappa shape index (κ1) is 22.6. The lowest BCUT2D eigenvalue weighted by molar-refractivity contribution is 0.129. The summed E-state index contributed by atoms with van der Waals surface area (Å²) in [6, 6.07) is 19.1. The van der Waals surface area contributed by atoms with E-state index in [2.05, 4.69) is 56.3 Å². The second-order valence-electron chi connectivity index (χ2n) is 8.91. The van der Waals surface area contributed by atoms with E-state index in [9.17, 15) is 0 Å². The lowest BCUT2D eigenvalue weighted by atomic mass is 10.1. The van der Waals surface area contributed by atoms with Gasteiger partial charge in [0.15, 0.2) is 5.96 Å². The maximum absolute atomic E-state index is 6.12. The largest absolute Gasteiger partial charge is 0.490 e. The molecule has 0 saturated carbocycles. The average Bonchev–Trinajstić information content (AvgIpc) is 2.84. The normalized spacial score (nSPS) is 19.2. The number of para-hydroxylation sites is 1. The molecule has 0 radical (unpaired) electrons. The molecular formula is C26H37N5O. The second kappa shape index (κ2) is 11.3. The van der Waals surface area contributed by atoms with Crippen molar-refractivity contribution >= 4 is 5.96 Å². The van der Waals surface area contributed by atoms with Gasteiger partial charge in [-0.25, -0.2) is 0 Å². The fourth-order valence-corrected chi connectivity index (χ4v) is 4.42. The molecule has 0 aliphatic carbocycles. The number of nitrogens with one attached hydrogen (secondary N) is 1. The SMILES string of the molecule is CN=C(NCc1ccc(CN2CCN(C)CC2)cc1)N1CCC(Oc2ccccc2)CC1. The molecule has 2 aliphatic heterocycles. The monoisotopic (exact) mass is 435 g/mol. The topological polar surface area (TPSA) is 43.3 Å². The summed E-state index contributed by atoms with van der Waals surface area (Å²) in [5.74, 6) is 1.94. The van der Waals surface area contributed by atoms with Crippen molar-refractivity contribution in [2.45, 2.75) is 32.0 Å². The average molecular weight is 436 g/mol. The Bertz CT molecular complexity index is 838. The summed E-state index contributed by atoms with van der Waals surface area (Å²) in [7, 11) is 4.07. The number of guanidine groups is 1. The summed E-state index contributed by atoms with van der Waals surface area (Å²) in [5, 5.41) is 3.54. The molecule has 2 fully saturated rings. The summed E-state index contributed by atoms with van der Waals surface area (Å²) >= 11 is 0. The summed E-state index contributed by atoms with van der Waals surface area (Å²) in [4.78, 5) is 11.8. The van der Waals surface area contributed by atoms with Gasteiger partial charge in [-0.1, -0.05) is 42.5 Å². The predicted octanol–water partition coefficient (Wildman–Crippen LogP) is 3.05. The first-order valence-electron chi connectivity index (χ1n) is 11.9. The number of likely N-dealkylation sites (tertiary alicyclic amines) is 1. The molecule has 0 spiro atoms. The molecule has 6 heteroatoms. The van der Waals surface area contributed by atoms with Crippen molar-refractivity contribution in [3.05, 3.63) is 65.7 Å². The Morgan fingerprint density at radius 3 is 2.22 bits per heavy atom. The van der Waals surface area contributed by atoms with Gasteiger partial charge in [0.2, 0.25) is 0 Å². The van der Waals surface area contributed by atoms with E-state index in [4.69, 9.17) is 4.74 Å². The quantitative estimate of drug-likeness (QED) is 0.558. The van der Waals surface area contributed by atoms with Crippen LogP contribution in [0.15, 0.2) is 59.6 Å². The van der Waals surface area contributed by atoms with E-state index in [0.29, 0.717) is 0 Å². The molecule has 0 amide bonds. The van der Waals surface area contributed by atoms with Gasteiger partial charge in [-0.3, -0.25) is 9.89 Å². The van der Waals surface area contributed by atoms with Crippen LogP contribution in [0.2, 0.25) is 0 Å². The van der Waals surface area contributed by atoms with Gasteiger partial charge in [0, 0.05) is 72.2 Å². The van der Waals surface area contributed by atoms with Crippen molar-refractivity contribution in [1.29, 1.82) is 0 Å². The van der Waals surface area contributed by atoms with Crippen LogP contribution < -0.4 is 10.1 Å². The number of hydrogen-bond donors (Lipinski definition) is 1. The van der Waals surface area contributed by atoms with Crippen molar-refractivity contribution in [3.63, 3.8) is 0 Å². The zero-order valence-electron chi connectivity index (χ0n) is 19.5. The van der Waals surface area contributed by atoms with Crippen LogP contribution >= 0.6 is 0 Å². The molecule has 6 nitrogen and oxygen atoms in total. The van der Waals surface area contributed by atoms with Crippen LogP contribution in [0.3, 0.4) is 0 Å². The maximum atomic E-state index is 6.12. The van der Waals surface area contributed by atoms with Gasteiger partial charge < -0.3 is 19.9 Å². The molecular weight excluding hydrogens is 398 g/mol. The number of likely N-dealkylation sites (N-methyl/N-ethyl adjacent to an activating group) is 1. The number of rotatable bonds is 6. The smallest absolute Gasteiger partial charge is 0.193 e. The summed E-state index contributed by atoms with van der Waals surface area (Å²) < 4.78 is 6.12. The molecule has 0 bridgehead atoms. The van der Waals surface area contributed by atoms with Gasteiger partial charge in [0.25, 0.3) is 0 Å². The Hall–Kier alpha value is -2.57. The number of nitrogens with zero attached hydrogens (tertiary/aromatic N) is 4. The lowest BCUT2D eigenvalue weighted by Crippen LogP contribution is -2.47. The molecule has 4 rings (SSSR count). The number of hydrogen-bond acceptors (Lipinski definition) is 4. The highest BCUT2D eigenvalue weighted by molar-refractivity contribution is 5.80. The van der Waals surface area contributed by atoms with Crippen LogP contribution in [0.1, 0.15) is 24.0 Å². The molecule has 172 valence electrons. The minimum atomic E-state index is 0.277. The van der Waals surface area contributed by atoms with Gasteiger partial charge >= 0.3 is 0 Å². The predicted molar refractivity (Wildman–Crippen MR) is 131 cm³/mol. The molecule has 2 saturated heterocycles. The van der Waals surface area contributed by atoms with Crippen LogP contribution in [0.25, 0.3) is 0 Å². The number of ether oxygens (including phenoxy) is 1. The fourth-order valence-electron chi connectivity index (χ4n) is 4.42. The third kappa shape index (κ3) is 6.47. The summed E-state index contributed by atoms with van der Waals surface area (Å²) in [6.45, 7) is 8.40. The van der Waals surface area contributed by atoms with Crippen LogP contribution in [0, 0.1) is 0 Å². The molecule has 2 heterocycles. The van der Waals surface area contributed by atoms with Crippen molar-refractivity contribution in [2.75, 3.05) is 53.4 Å². The van der Waals surface area contributed by atoms with Gasteiger partial charge in [0.05, 0.1) is 0 Å². The van der Waals surface area contributed by atoms with Crippen molar-refractivity contribution in [2.24, 2.45) is 4.99 Å². The lowest BCUT2D eigenvalue weighted by Gasteiger charge is -2.34. The number of piperazine rings is 1. The van der Waals surface area contributed by atoms with Crippen molar-refractivity contribution < 1.29 is 4.74 Å².